The molecule has 0 aliphatic carbocycles. The number of halogens is 1. The van der Waals surface area contributed by atoms with Gasteiger partial charge in [0.25, 0.3) is 0 Å². The summed E-state index contributed by atoms with van der Waals surface area (Å²) < 4.78 is 9.93. The minimum Gasteiger partial charge on any atom is -0.383 e. The molecule has 0 aromatic rings. The van der Waals surface area contributed by atoms with E-state index >= 15 is 0 Å². The molecular formula is C11H25ClN2O3. The summed E-state index contributed by atoms with van der Waals surface area (Å²) in [5, 5.41) is 0. The highest BCUT2D eigenvalue weighted by Crippen LogP contribution is 2.00. The third-order valence-electron chi connectivity index (χ3n) is 2.36. The van der Waals surface area contributed by atoms with Crippen molar-refractivity contribution in [3.05, 3.63) is 0 Å². The predicted octanol–water partition coefficient (Wildman–Crippen LogP) is 0.657. The Morgan fingerprint density at radius 3 is 2.06 bits per heavy atom. The normalized spacial score (nSPS) is 11.8. The van der Waals surface area contributed by atoms with E-state index in [1.807, 2.05) is 6.92 Å². The van der Waals surface area contributed by atoms with E-state index < -0.39 is 6.04 Å². The fraction of sp³-hybridized carbons (Fsp3) is 0.909. The molecule has 0 radical (unpaired) electrons. The van der Waals surface area contributed by atoms with Gasteiger partial charge in [0, 0.05) is 27.3 Å². The molecule has 0 spiro atoms. The molecule has 0 aromatic carbocycles. The van der Waals surface area contributed by atoms with Gasteiger partial charge in [0.1, 0.15) is 0 Å². The summed E-state index contributed by atoms with van der Waals surface area (Å²) in [5.41, 5.74) is 5.80. The Morgan fingerprint density at radius 1 is 1.24 bits per heavy atom. The van der Waals surface area contributed by atoms with Crippen molar-refractivity contribution in [2.24, 2.45) is 5.73 Å². The summed E-state index contributed by atoms with van der Waals surface area (Å²) in [6, 6.07) is -0.404. The number of amides is 1. The van der Waals surface area contributed by atoms with Gasteiger partial charge < -0.3 is 20.1 Å². The van der Waals surface area contributed by atoms with Gasteiger partial charge in [0.05, 0.1) is 19.3 Å². The molecule has 17 heavy (non-hydrogen) atoms. The van der Waals surface area contributed by atoms with Crippen molar-refractivity contribution in [2.45, 2.75) is 25.8 Å². The molecule has 0 heterocycles. The van der Waals surface area contributed by atoms with Crippen LogP contribution in [0.3, 0.4) is 0 Å². The zero-order valence-corrected chi connectivity index (χ0v) is 11.8. The van der Waals surface area contributed by atoms with Crippen molar-refractivity contribution in [3.63, 3.8) is 0 Å². The monoisotopic (exact) mass is 268 g/mol. The molecule has 0 aliphatic rings. The van der Waals surface area contributed by atoms with Crippen molar-refractivity contribution in [1.29, 1.82) is 0 Å². The minimum absolute atomic E-state index is 0. The van der Waals surface area contributed by atoms with Crippen molar-refractivity contribution < 1.29 is 14.3 Å². The number of ether oxygens (including phenoxy) is 2. The van der Waals surface area contributed by atoms with E-state index in [9.17, 15) is 4.79 Å². The van der Waals surface area contributed by atoms with Crippen LogP contribution in [0.15, 0.2) is 0 Å². The summed E-state index contributed by atoms with van der Waals surface area (Å²) in [6.07, 6.45) is 1.63. The Balaban J connectivity index is 0. The second-order valence-electron chi connectivity index (χ2n) is 3.71. The lowest BCUT2D eigenvalue weighted by Crippen LogP contribution is -2.46. The highest BCUT2D eigenvalue weighted by atomic mass is 35.5. The molecular weight excluding hydrogens is 244 g/mol. The molecule has 0 aromatic heterocycles. The Morgan fingerprint density at radius 2 is 1.71 bits per heavy atom. The molecule has 0 saturated heterocycles. The van der Waals surface area contributed by atoms with Crippen LogP contribution >= 0.6 is 12.4 Å². The number of carbonyl (C=O) groups excluding carboxylic acids is 1. The Hall–Kier alpha value is -0.360. The maximum absolute atomic E-state index is 11.9. The van der Waals surface area contributed by atoms with Crippen molar-refractivity contribution in [1.82, 2.24) is 4.90 Å². The molecule has 0 fully saturated rings. The summed E-state index contributed by atoms with van der Waals surface area (Å²) in [6.45, 7) is 4.19. The van der Waals surface area contributed by atoms with E-state index in [0.29, 0.717) is 26.3 Å². The summed E-state index contributed by atoms with van der Waals surface area (Å²) in [7, 11) is 3.23. The van der Waals surface area contributed by atoms with Gasteiger partial charge in [0.2, 0.25) is 5.91 Å². The molecule has 0 bridgehead atoms. The fourth-order valence-electron chi connectivity index (χ4n) is 1.40. The predicted molar refractivity (Wildman–Crippen MR) is 70.5 cm³/mol. The van der Waals surface area contributed by atoms with Gasteiger partial charge in [0.15, 0.2) is 0 Å². The smallest absolute Gasteiger partial charge is 0.239 e. The van der Waals surface area contributed by atoms with Gasteiger partial charge in [-0.1, -0.05) is 13.3 Å². The quantitative estimate of drug-likeness (QED) is 0.667. The molecule has 104 valence electrons. The number of nitrogens with zero attached hydrogens (tertiary/aromatic N) is 1. The second kappa shape index (κ2) is 12.1. The molecule has 5 nitrogen and oxygen atoms in total. The first-order valence-corrected chi connectivity index (χ1v) is 5.69. The maximum Gasteiger partial charge on any atom is 0.239 e. The average Bonchev–Trinajstić information content (AvgIpc) is 2.29. The molecule has 6 heteroatoms. The summed E-state index contributed by atoms with van der Waals surface area (Å²) in [5.74, 6) is -0.0176. The van der Waals surface area contributed by atoms with E-state index in [0.717, 1.165) is 12.8 Å². The van der Waals surface area contributed by atoms with Gasteiger partial charge >= 0.3 is 0 Å². The lowest BCUT2D eigenvalue weighted by Gasteiger charge is -2.25. The minimum atomic E-state index is -0.404. The molecule has 1 unspecified atom stereocenters. The topological polar surface area (TPSA) is 64.8 Å². The third kappa shape index (κ3) is 8.37. The number of nitrogens with two attached hydrogens (primary N) is 1. The third-order valence-corrected chi connectivity index (χ3v) is 2.36. The second-order valence-corrected chi connectivity index (χ2v) is 3.71. The fourth-order valence-corrected chi connectivity index (χ4v) is 1.40. The van der Waals surface area contributed by atoms with Gasteiger partial charge in [-0.3, -0.25) is 4.79 Å². The van der Waals surface area contributed by atoms with Crippen molar-refractivity contribution >= 4 is 18.3 Å². The molecule has 2 N–H and O–H groups in total. The number of carbonyl (C=O) groups is 1. The zero-order chi connectivity index (χ0) is 12.4. The van der Waals surface area contributed by atoms with Crippen LogP contribution in [0.1, 0.15) is 19.8 Å². The van der Waals surface area contributed by atoms with Gasteiger partial charge in [-0.15, -0.1) is 12.4 Å². The Bertz CT molecular complexity index is 186. The van der Waals surface area contributed by atoms with Crippen LogP contribution in [0.4, 0.5) is 0 Å². The molecule has 0 saturated carbocycles. The van der Waals surface area contributed by atoms with Crippen LogP contribution in [-0.4, -0.2) is 57.4 Å². The van der Waals surface area contributed by atoms with Crippen LogP contribution in [-0.2, 0) is 14.3 Å². The number of rotatable bonds is 9. The number of hydrogen-bond donors (Lipinski definition) is 1. The molecule has 1 amide bonds. The number of methoxy groups -OCH3 is 2. The largest absolute Gasteiger partial charge is 0.383 e. The van der Waals surface area contributed by atoms with Crippen molar-refractivity contribution in [3.8, 4) is 0 Å². The van der Waals surface area contributed by atoms with Crippen LogP contribution < -0.4 is 5.73 Å². The Kier molecular flexibility index (Phi) is 13.5. The van der Waals surface area contributed by atoms with Gasteiger partial charge in [-0.2, -0.15) is 0 Å². The van der Waals surface area contributed by atoms with Crippen LogP contribution in [0.5, 0.6) is 0 Å². The first kappa shape index (κ1) is 19.0. The average molecular weight is 269 g/mol. The van der Waals surface area contributed by atoms with E-state index in [1.54, 1.807) is 19.1 Å². The maximum atomic E-state index is 11.9. The van der Waals surface area contributed by atoms with Gasteiger partial charge in [-0.25, -0.2) is 0 Å². The van der Waals surface area contributed by atoms with Crippen LogP contribution in [0.2, 0.25) is 0 Å². The lowest BCUT2D eigenvalue weighted by molar-refractivity contribution is -0.134. The number of hydrogen-bond acceptors (Lipinski definition) is 4. The zero-order valence-electron chi connectivity index (χ0n) is 11.0. The Labute approximate surface area is 110 Å². The lowest BCUT2D eigenvalue weighted by atomic mass is 10.1. The highest BCUT2D eigenvalue weighted by molar-refractivity contribution is 5.85. The van der Waals surface area contributed by atoms with Crippen molar-refractivity contribution in [2.75, 3.05) is 40.5 Å². The molecule has 0 aliphatic heterocycles. The SMILES string of the molecule is CCCC(N)C(=O)N(CCOC)CCOC.Cl. The standard InChI is InChI=1S/C11H24N2O3.ClH/c1-4-5-10(12)11(14)13(6-8-15-2)7-9-16-3;/h10H,4-9,12H2,1-3H3;1H. The van der Waals surface area contributed by atoms with E-state index in [2.05, 4.69) is 0 Å². The first-order chi connectivity index (χ1) is 7.67. The first-order valence-electron chi connectivity index (χ1n) is 5.69. The molecule has 0 rings (SSSR count). The van der Waals surface area contributed by atoms with E-state index in [1.165, 1.54) is 0 Å². The molecule has 1 atom stereocenters. The highest BCUT2D eigenvalue weighted by Gasteiger charge is 2.19. The van der Waals surface area contributed by atoms with Crippen LogP contribution in [0, 0.1) is 0 Å². The summed E-state index contributed by atoms with van der Waals surface area (Å²) in [4.78, 5) is 13.6. The van der Waals surface area contributed by atoms with Gasteiger partial charge in [-0.05, 0) is 6.42 Å². The van der Waals surface area contributed by atoms with E-state index in [4.69, 9.17) is 15.2 Å². The van der Waals surface area contributed by atoms with Crippen LogP contribution in [0.25, 0.3) is 0 Å². The van der Waals surface area contributed by atoms with E-state index in [-0.39, 0.29) is 18.3 Å². The summed E-state index contributed by atoms with van der Waals surface area (Å²) >= 11 is 0.